The van der Waals surface area contributed by atoms with Crippen LogP contribution in [0.15, 0.2) is 47.4 Å². The topological polar surface area (TPSA) is 59.1 Å². The Morgan fingerprint density at radius 2 is 1.87 bits per heavy atom. The molecule has 1 heterocycles. The standard InChI is InChI=1S/C22H25FN2O4S.ClH/c1-14(26)29-19-20(15-8-10-16(28-4)11-9-15)30-21-17(23)6-5-7-18(21)25(22(19)27)13-12-24(2)3;/h5-11,19-20H,12-13H2,1-4H3;1H/t19-,20+;/m0./s1. The van der Waals surface area contributed by atoms with Crippen LogP contribution in [0.2, 0.25) is 0 Å². The second-order valence-electron chi connectivity index (χ2n) is 7.22. The molecule has 0 N–H and O–H groups in total. The Labute approximate surface area is 192 Å². The molecule has 168 valence electrons. The third kappa shape index (κ3) is 5.70. The van der Waals surface area contributed by atoms with Crippen molar-refractivity contribution in [2.24, 2.45) is 0 Å². The summed E-state index contributed by atoms with van der Waals surface area (Å²) in [4.78, 5) is 29.2. The first-order valence-electron chi connectivity index (χ1n) is 9.54. The number of hydrogen-bond acceptors (Lipinski definition) is 6. The van der Waals surface area contributed by atoms with Gasteiger partial charge in [-0.25, -0.2) is 4.39 Å². The van der Waals surface area contributed by atoms with Crippen LogP contribution >= 0.6 is 24.2 Å². The highest BCUT2D eigenvalue weighted by Crippen LogP contribution is 2.47. The van der Waals surface area contributed by atoms with Gasteiger partial charge in [-0.05, 0) is 43.9 Å². The SMILES string of the molecule is COc1ccc([C@H]2Sc3c(F)cccc3N(CCN(C)C)C(=O)[C@H]2OC(C)=O)cc1.Cl. The summed E-state index contributed by atoms with van der Waals surface area (Å²) in [5.74, 6) is -0.690. The lowest BCUT2D eigenvalue weighted by molar-refractivity contribution is -0.152. The second-order valence-corrected chi connectivity index (χ2v) is 8.37. The van der Waals surface area contributed by atoms with E-state index in [1.165, 1.54) is 29.7 Å². The molecule has 3 rings (SSSR count). The smallest absolute Gasteiger partial charge is 0.303 e. The van der Waals surface area contributed by atoms with E-state index in [9.17, 15) is 14.0 Å². The lowest BCUT2D eigenvalue weighted by Crippen LogP contribution is -2.45. The average molecular weight is 469 g/mol. The van der Waals surface area contributed by atoms with Crippen molar-refractivity contribution in [2.45, 2.75) is 23.2 Å². The maximum absolute atomic E-state index is 14.9. The van der Waals surface area contributed by atoms with Crippen molar-refractivity contribution in [1.29, 1.82) is 0 Å². The number of nitrogens with zero attached hydrogens (tertiary/aromatic N) is 2. The molecule has 0 bridgehead atoms. The van der Waals surface area contributed by atoms with Crippen LogP contribution in [0.4, 0.5) is 10.1 Å². The Kier molecular flexibility index (Phi) is 8.73. The lowest BCUT2D eigenvalue weighted by Gasteiger charge is -2.28. The Hall–Kier alpha value is -2.29. The first-order chi connectivity index (χ1) is 14.3. The van der Waals surface area contributed by atoms with E-state index in [4.69, 9.17) is 9.47 Å². The van der Waals surface area contributed by atoms with Crippen LogP contribution in [0, 0.1) is 5.82 Å². The van der Waals surface area contributed by atoms with E-state index in [1.807, 2.05) is 19.0 Å². The molecule has 1 aliphatic rings. The number of carbonyl (C=O) groups is 2. The number of likely N-dealkylation sites (N-methyl/N-ethyl adjacent to an activating group) is 1. The van der Waals surface area contributed by atoms with Crippen molar-refractivity contribution >= 4 is 41.7 Å². The molecule has 2 aromatic carbocycles. The number of ether oxygens (including phenoxy) is 2. The van der Waals surface area contributed by atoms with Gasteiger partial charge in [0.15, 0.2) is 6.10 Å². The number of anilines is 1. The normalized spacial score (nSPS) is 18.1. The maximum atomic E-state index is 14.9. The van der Waals surface area contributed by atoms with E-state index >= 15 is 0 Å². The van der Waals surface area contributed by atoms with Crippen LogP contribution in [-0.2, 0) is 14.3 Å². The van der Waals surface area contributed by atoms with Gasteiger partial charge in [0.1, 0.15) is 11.6 Å². The number of benzene rings is 2. The van der Waals surface area contributed by atoms with Crippen LogP contribution in [0.3, 0.4) is 0 Å². The maximum Gasteiger partial charge on any atom is 0.303 e. The van der Waals surface area contributed by atoms with Crippen molar-refractivity contribution < 1.29 is 23.5 Å². The van der Waals surface area contributed by atoms with Gasteiger partial charge in [0.25, 0.3) is 5.91 Å². The number of carbonyl (C=O) groups excluding carboxylic acids is 2. The van der Waals surface area contributed by atoms with Gasteiger partial charge in [-0.15, -0.1) is 24.2 Å². The first kappa shape index (κ1) is 25.0. The van der Waals surface area contributed by atoms with Gasteiger partial charge in [-0.1, -0.05) is 18.2 Å². The Morgan fingerprint density at radius 3 is 2.45 bits per heavy atom. The summed E-state index contributed by atoms with van der Waals surface area (Å²) < 4.78 is 25.6. The summed E-state index contributed by atoms with van der Waals surface area (Å²) >= 11 is 1.19. The zero-order valence-corrected chi connectivity index (χ0v) is 19.5. The van der Waals surface area contributed by atoms with Crippen LogP contribution in [0.5, 0.6) is 5.75 Å². The molecule has 0 aromatic heterocycles. The van der Waals surface area contributed by atoms with Crippen LogP contribution in [0.25, 0.3) is 0 Å². The summed E-state index contributed by atoms with van der Waals surface area (Å²) in [6.07, 6.45) is -1.09. The molecule has 2 aromatic rings. The number of halogens is 2. The van der Waals surface area contributed by atoms with E-state index < -0.39 is 23.1 Å². The minimum absolute atomic E-state index is 0. The minimum Gasteiger partial charge on any atom is -0.497 e. The monoisotopic (exact) mass is 468 g/mol. The number of hydrogen-bond donors (Lipinski definition) is 0. The summed E-state index contributed by atoms with van der Waals surface area (Å²) in [5, 5.41) is -0.604. The fraction of sp³-hybridized carbons (Fsp3) is 0.364. The van der Waals surface area contributed by atoms with Gasteiger partial charge < -0.3 is 19.3 Å². The molecule has 0 fully saturated rings. The molecular formula is C22H26ClFN2O4S. The second kappa shape index (κ2) is 10.8. The number of thioether (sulfide) groups is 1. The third-order valence-electron chi connectivity index (χ3n) is 4.77. The van der Waals surface area contributed by atoms with E-state index in [1.54, 1.807) is 43.5 Å². The summed E-state index contributed by atoms with van der Waals surface area (Å²) in [6, 6.07) is 11.8. The zero-order chi connectivity index (χ0) is 21.8. The molecule has 6 nitrogen and oxygen atoms in total. The summed E-state index contributed by atoms with van der Waals surface area (Å²) in [5.41, 5.74) is 1.23. The Bertz CT molecular complexity index is 926. The summed E-state index contributed by atoms with van der Waals surface area (Å²) in [7, 11) is 5.36. The molecule has 9 heteroatoms. The predicted molar refractivity (Wildman–Crippen MR) is 122 cm³/mol. The molecule has 0 unspecified atom stereocenters. The van der Waals surface area contributed by atoms with E-state index in [0.717, 1.165) is 5.56 Å². The number of esters is 1. The van der Waals surface area contributed by atoms with Gasteiger partial charge in [-0.2, -0.15) is 0 Å². The minimum atomic E-state index is -1.09. The van der Waals surface area contributed by atoms with E-state index in [-0.39, 0.29) is 18.3 Å². The van der Waals surface area contributed by atoms with Crippen molar-refractivity contribution in [2.75, 3.05) is 39.2 Å². The fourth-order valence-electron chi connectivity index (χ4n) is 3.28. The average Bonchev–Trinajstić information content (AvgIpc) is 2.82. The molecule has 0 saturated heterocycles. The fourth-order valence-corrected chi connectivity index (χ4v) is 4.60. The molecular weight excluding hydrogens is 443 g/mol. The Morgan fingerprint density at radius 1 is 1.19 bits per heavy atom. The third-order valence-corrected chi connectivity index (χ3v) is 6.19. The van der Waals surface area contributed by atoms with Gasteiger partial charge in [0, 0.05) is 20.0 Å². The van der Waals surface area contributed by atoms with Gasteiger partial charge in [-0.3, -0.25) is 9.59 Å². The predicted octanol–water partition coefficient (Wildman–Crippen LogP) is 3.93. The highest BCUT2D eigenvalue weighted by atomic mass is 35.5. The summed E-state index contributed by atoms with van der Waals surface area (Å²) in [6.45, 7) is 2.19. The molecule has 2 atom stereocenters. The lowest BCUT2D eigenvalue weighted by atomic mass is 10.1. The number of amides is 1. The van der Waals surface area contributed by atoms with Crippen molar-refractivity contribution in [3.05, 3.63) is 53.8 Å². The Balaban J connectivity index is 0.00000341. The van der Waals surface area contributed by atoms with Gasteiger partial charge in [0.2, 0.25) is 0 Å². The van der Waals surface area contributed by atoms with Crippen molar-refractivity contribution in [3.63, 3.8) is 0 Å². The van der Waals surface area contributed by atoms with E-state index in [2.05, 4.69) is 0 Å². The molecule has 0 aliphatic carbocycles. The van der Waals surface area contributed by atoms with Crippen LogP contribution < -0.4 is 9.64 Å². The number of fused-ring (bicyclic) bond motifs is 1. The number of methoxy groups -OCH3 is 1. The van der Waals surface area contributed by atoms with Crippen molar-refractivity contribution in [3.8, 4) is 5.75 Å². The number of rotatable bonds is 6. The van der Waals surface area contributed by atoms with Crippen LogP contribution in [-0.4, -0.2) is 57.2 Å². The zero-order valence-electron chi connectivity index (χ0n) is 17.8. The largest absolute Gasteiger partial charge is 0.497 e. The molecule has 1 amide bonds. The quantitative estimate of drug-likeness (QED) is 0.599. The first-order valence-corrected chi connectivity index (χ1v) is 10.4. The van der Waals surface area contributed by atoms with E-state index in [0.29, 0.717) is 29.4 Å². The molecule has 0 spiro atoms. The molecule has 0 saturated carbocycles. The van der Waals surface area contributed by atoms with Crippen LogP contribution in [0.1, 0.15) is 17.7 Å². The van der Waals surface area contributed by atoms with Gasteiger partial charge in [0.05, 0.1) is 22.9 Å². The molecule has 31 heavy (non-hydrogen) atoms. The van der Waals surface area contributed by atoms with Gasteiger partial charge >= 0.3 is 5.97 Å². The van der Waals surface area contributed by atoms with Crippen molar-refractivity contribution in [1.82, 2.24) is 4.90 Å². The molecule has 1 aliphatic heterocycles. The highest BCUT2D eigenvalue weighted by molar-refractivity contribution is 7.99. The highest BCUT2D eigenvalue weighted by Gasteiger charge is 2.41. The molecule has 0 radical (unpaired) electrons.